The third-order valence-corrected chi connectivity index (χ3v) is 3.77. The lowest BCUT2D eigenvalue weighted by Crippen LogP contribution is -2.43. The number of hydrogen-bond donors (Lipinski definition) is 1. The van der Waals surface area contributed by atoms with Crippen LogP contribution < -0.4 is 15.4 Å². The Hall–Kier alpha value is -2.08. The first kappa shape index (κ1) is 12.0. The van der Waals surface area contributed by atoms with E-state index in [0.717, 1.165) is 16.3 Å². The Bertz CT molecular complexity index is 626. The summed E-state index contributed by atoms with van der Waals surface area (Å²) in [7, 11) is 0. The molecular weight excluding hydrogens is 262 g/mol. The molecule has 0 radical (unpaired) electrons. The zero-order chi connectivity index (χ0) is 13.4. The number of nitrogens with zero attached hydrogens (tertiary/aromatic N) is 2. The first-order valence-electron chi connectivity index (χ1n) is 5.92. The number of amides is 1. The fourth-order valence-electron chi connectivity index (χ4n) is 2.07. The average Bonchev–Trinajstić information content (AvgIpc) is 2.80. The summed E-state index contributed by atoms with van der Waals surface area (Å²) in [6, 6.07) is 7.53. The molecule has 2 N–H and O–H groups in total. The minimum atomic E-state index is -0.472. The van der Waals surface area contributed by atoms with E-state index in [1.54, 1.807) is 18.0 Å². The van der Waals surface area contributed by atoms with Gasteiger partial charge in [0.15, 0.2) is 11.2 Å². The second-order valence-electron chi connectivity index (χ2n) is 4.32. The molecule has 2 heterocycles. The lowest BCUT2D eigenvalue weighted by Gasteiger charge is -2.32. The highest BCUT2D eigenvalue weighted by Crippen LogP contribution is 2.35. The quantitative estimate of drug-likeness (QED) is 0.910. The number of carbonyl (C=O) groups is 1. The van der Waals surface area contributed by atoms with Crippen LogP contribution in [0.5, 0.6) is 5.75 Å². The highest BCUT2D eigenvalue weighted by molar-refractivity contribution is 7.15. The van der Waals surface area contributed by atoms with Gasteiger partial charge in [-0.1, -0.05) is 12.1 Å². The Balaban J connectivity index is 1.96. The molecule has 19 heavy (non-hydrogen) atoms. The number of benzene rings is 1. The number of rotatable bonds is 2. The summed E-state index contributed by atoms with van der Waals surface area (Å²) in [5.41, 5.74) is 6.41. The third-order valence-electron chi connectivity index (χ3n) is 2.96. The predicted octanol–water partition coefficient (Wildman–Crippen LogP) is 2.04. The van der Waals surface area contributed by atoms with Crippen molar-refractivity contribution in [2.45, 2.75) is 19.6 Å². The number of thiazole rings is 1. The fraction of sp³-hybridized carbons (Fsp3) is 0.231. The van der Waals surface area contributed by atoms with E-state index in [9.17, 15) is 4.79 Å². The highest BCUT2D eigenvalue weighted by atomic mass is 32.1. The molecule has 5 nitrogen and oxygen atoms in total. The smallest absolute Gasteiger partial charge is 0.268 e. The maximum absolute atomic E-state index is 12.3. The monoisotopic (exact) mass is 275 g/mol. The molecule has 1 unspecified atom stereocenters. The molecule has 0 fully saturated rings. The van der Waals surface area contributed by atoms with Gasteiger partial charge in [0.05, 0.1) is 12.2 Å². The van der Waals surface area contributed by atoms with Crippen LogP contribution in [0, 0.1) is 0 Å². The summed E-state index contributed by atoms with van der Waals surface area (Å²) in [5, 5.41) is 0.511. The highest BCUT2D eigenvalue weighted by Gasteiger charge is 2.31. The van der Waals surface area contributed by atoms with Crippen molar-refractivity contribution in [3.05, 3.63) is 35.3 Å². The Labute approximate surface area is 114 Å². The third kappa shape index (κ3) is 2.15. The van der Waals surface area contributed by atoms with Crippen LogP contribution in [0.15, 0.2) is 30.5 Å². The Morgan fingerprint density at radius 2 is 2.26 bits per heavy atom. The topological polar surface area (TPSA) is 68.4 Å². The van der Waals surface area contributed by atoms with E-state index in [1.807, 2.05) is 24.3 Å². The van der Waals surface area contributed by atoms with E-state index in [0.29, 0.717) is 11.7 Å². The zero-order valence-electron chi connectivity index (χ0n) is 10.4. The number of para-hydroxylation sites is 2. The van der Waals surface area contributed by atoms with Crippen LogP contribution in [-0.4, -0.2) is 17.0 Å². The maximum Gasteiger partial charge on any atom is 0.268 e. The van der Waals surface area contributed by atoms with Gasteiger partial charge in [-0.25, -0.2) is 4.98 Å². The van der Waals surface area contributed by atoms with Gasteiger partial charge in [-0.2, -0.15) is 0 Å². The molecule has 1 aromatic carbocycles. The first-order valence-corrected chi connectivity index (χ1v) is 6.74. The second-order valence-corrected chi connectivity index (χ2v) is 5.46. The fourth-order valence-corrected chi connectivity index (χ4v) is 2.75. The largest absolute Gasteiger partial charge is 0.479 e. The van der Waals surface area contributed by atoms with E-state index in [1.165, 1.54) is 11.3 Å². The number of anilines is 2. The molecule has 0 spiro atoms. The number of hydrogen-bond acceptors (Lipinski definition) is 5. The number of ether oxygens (including phenoxy) is 1. The standard InChI is InChI=1S/C13H13N3O2S/c1-8-12(17)16(7-9-6-15-13(14)19-9)10-4-2-3-5-11(10)18-8/h2-6,8H,7H2,1H3,(H2,14,15). The Kier molecular flexibility index (Phi) is 2.87. The van der Waals surface area contributed by atoms with Crippen molar-refractivity contribution < 1.29 is 9.53 Å². The molecule has 98 valence electrons. The predicted molar refractivity (Wildman–Crippen MR) is 74.2 cm³/mol. The summed E-state index contributed by atoms with van der Waals surface area (Å²) < 4.78 is 5.59. The van der Waals surface area contributed by atoms with Crippen LogP contribution in [0.1, 0.15) is 11.8 Å². The van der Waals surface area contributed by atoms with Gasteiger partial charge in [-0.3, -0.25) is 4.79 Å². The molecule has 1 amide bonds. The summed E-state index contributed by atoms with van der Waals surface area (Å²) >= 11 is 1.39. The van der Waals surface area contributed by atoms with Gasteiger partial charge < -0.3 is 15.4 Å². The van der Waals surface area contributed by atoms with E-state index in [4.69, 9.17) is 10.5 Å². The van der Waals surface area contributed by atoms with Gasteiger partial charge in [-0.15, -0.1) is 11.3 Å². The van der Waals surface area contributed by atoms with Crippen LogP contribution in [0.2, 0.25) is 0 Å². The van der Waals surface area contributed by atoms with Crippen molar-refractivity contribution >= 4 is 28.1 Å². The zero-order valence-corrected chi connectivity index (χ0v) is 11.2. The van der Waals surface area contributed by atoms with Gasteiger partial charge >= 0.3 is 0 Å². The van der Waals surface area contributed by atoms with Crippen molar-refractivity contribution in [2.24, 2.45) is 0 Å². The number of carbonyl (C=O) groups excluding carboxylic acids is 1. The van der Waals surface area contributed by atoms with Crippen molar-refractivity contribution in [1.29, 1.82) is 0 Å². The lowest BCUT2D eigenvalue weighted by atomic mass is 10.2. The average molecular weight is 275 g/mol. The molecule has 3 rings (SSSR count). The van der Waals surface area contributed by atoms with Crippen LogP contribution in [-0.2, 0) is 11.3 Å². The van der Waals surface area contributed by atoms with Crippen molar-refractivity contribution in [2.75, 3.05) is 10.6 Å². The minimum Gasteiger partial charge on any atom is -0.479 e. The summed E-state index contributed by atoms with van der Waals surface area (Å²) in [6.07, 6.45) is 1.23. The molecule has 1 aliphatic heterocycles. The Morgan fingerprint density at radius 3 is 3.00 bits per heavy atom. The number of fused-ring (bicyclic) bond motifs is 1. The molecule has 0 saturated heterocycles. The van der Waals surface area contributed by atoms with E-state index in [-0.39, 0.29) is 5.91 Å². The molecule has 0 saturated carbocycles. The molecule has 2 aromatic rings. The van der Waals surface area contributed by atoms with Crippen LogP contribution in [0.3, 0.4) is 0 Å². The molecular formula is C13H13N3O2S. The summed E-state index contributed by atoms with van der Waals surface area (Å²) in [5.74, 6) is 0.678. The molecule has 0 bridgehead atoms. The number of nitrogen functional groups attached to an aromatic ring is 1. The van der Waals surface area contributed by atoms with Gasteiger partial charge in [-0.05, 0) is 19.1 Å². The van der Waals surface area contributed by atoms with Crippen LogP contribution in [0.4, 0.5) is 10.8 Å². The number of nitrogens with two attached hydrogens (primary N) is 1. The summed E-state index contributed by atoms with van der Waals surface area (Å²) in [6.45, 7) is 2.23. The van der Waals surface area contributed by atoms with E-state index in [2.05, 4.69) is 4.98 Å². The second kappa shape index (κ2) is 4.55. The van der Waals surface area contributed by atoms with E-state index < -0.39 is 6.10 Å². The SMILES string of the molecule is CC1Oc2ccccc2N(Cc2cnc(N)s2)C1=O. The van der Waals surface area contributed by atoms with Gasteiger partial charge in [0, 0.05) is 11.1 Å². The first-order chi connectivity index (χ1) is 9.15. The van der Waals surface area contributed by atoms with Crippen LogP contribution in [0.25, 0.3) is 0 Å². The van der Waals surface area contributed by atoms with E-state index >= 15 is 0 Å². The molecule has 1 atom stereocenters. The lowest BCUT2D eigenvalue weighted by molar-refractivity contribution is -0.125. The number of aromatic nitrogens is 1. The normalized spacial score (nSPS) is 18.1. The minimum absolute atomic E-state index is 0.0503. The maximum atomic E-state index is 12.3. The van der Waals surface area contributed by atoms with Gasteiger partial charge in [0.25, 0.3) is 5.91 Å². The van der Waals surface area contributed by atoms with Gasteiger partial charge in [0.1, 0.15) is 5.75 Å². The van der Waals surface area contributed by atoms with Crippen LogP contribution >= 0.6 is 11.3 Å². The van der Waals surface area contributed by atoms with Crippen molar-refractivity contribution in [3.63, 3.8) is 0 Å². The molecule has 1 aliphatic rings. The molecule has 0 aliphatic carbocycles. The van der Waals surface area contributed by atoms with Gasteiger partial charge in [0.2, 0.25) is 0 Å². The Morgan fingerprint density at radius 1 is 1.47 bits per heavy atom. The summed E-state index contributed by atoms with van der Waals surface area (Å²) in [4.78, 5) is 18.9. The molecule has 6 heteroatoms. The van der Waals surface area contributed by atoms with Crippen molar-refractivity contribution in [3.8, 4) is 5.75 Å². The molecule has 1 aromatic heterocycles. The van der Waals surface area contributed by atoms with Crippen molar-refractivity contribution in [1.82, 2.24) is 4.98 Å².